The molecule has 0 bridgehead atoms. The Morgan fingerprint density at radius 3 is 2.67 bits per heavy atom. The van der Waals surface area contributed by atoms with Crippen LogP contribution in [0.3, 0.4) is 0 Å². The van der Waals surface area contributed by atoms with Crippen molar-refractivity contribution in [1.82, 2.24) is 9.88 Å². The van der Waals surface area contributed by atoms with Crippen LogP contribution in [0.1, 0.15) is 43.0 Å². The topological polar surface area (TPSA) is 57.0 Å². The number of hydrogen-bond donors (Lipinski definition) is 0. The van der Waals surface area contributed by atoms with E-state index in [1.807, 2.05) is 36.1 Å². The molecule has 0 unspecified atom stereocenters. The van der Waals surface area contributed by atoms with Crippen LogP contribution in [0.25, 0.3) is 6.08 Å². The first-order valence-electron chi connectivity index (χ1n) is 8.08. The van der Waals surface area contributed by atoms with Gasteiger partial charge in [0, 0.05) is 25.0 Å². The maximum absolute atomic E-state index is 12.6. The molecule has 1 aromatic carbocycles. The number of likely N-dealkylation sites (N-methyl/N-ethyl adjacent to an activating group) is 1. The zero-order valence-electron chi connectivity index (χ0n) is 14.0. The standard InChI is InChI=1S/C20H21N3O/c1-3-19(18-10-12-22-13-11-18)23(4-2)20(24)9-8-16-6-5-7-17(14-16)15-21/h5-14,19H,3-4H2,1-2H3/b9-8-/t19-/m1/s1. The summed E-state index contributed by atoms with van der Waals surface area (Å²) in [6.07, 6.45) is 7.66. The maximum Gasteiger partial charge on any atom is 0.247 e. The van der Waals surface area contributed by atoms with Gasteiger partial charge >= 0.3 is 0 Å². The molecule has 0 radical (unpaired) electrons. The lowest BCUT2D eigenvalue weighted by Crippen LogP contribution is -2.33. The quantitative estimate of drug-likeness (QED) is 0.757. The van der Waals surface area contributed by atoms with Crippen molar-refractivity contribution < 1.29 is 4.79 Å². The van der Waals surface area contributed by atoms with E-state index >= 15 is 0 Å². The molecule has 1 amide bonds. The van der Waals surface area contributed by atoms with Crippen molar-refractivity contribution in [2.24, 2.45) is 0 Å². The van der Waals surface area contributed by atoms with Gasteiger partial charge in [0.05, 0.1) is 17.7 Å². The predicted molar refractivity (Wildman–Crippen MR) is 94.8 cm³/mol. The first-order valence-corrected chi connectivity index (χ1v) is 8.08. The molecule has 0 saturated heterocycles. The Balaban J connectivity index is 2.18. The van der Waals surface area contributed by atoms with Gasteiger partial charge in [0.25, 0.3) is 0 Å². The average Bonchev–Trinajstić information content (AvgIpc) is 2.64. The molecule has 1 atom stereocenters. The molecule has 0 aliphatic rings. The molecule has 2 aromatic rings. The summed E-state index contributed by atoms with van der Waals surface area (Å²) in [4.78, 5) is 18.5. The second-order valence-electron chi connectivity index (χ2n) is 5.40. The third kappa shape index (κ3) is 4.30. The van der Waals surface area contributed by atoms with Gasteiger partial charge in [-0.25, -0.2) is 0 Å². The third-order valence-electron chi connectivity index (χ3n) is 3.91. The van der Waals surface area contributed by atoms with Crippen LogP contribution in [0.5, 0.6) is 0 Å². The molecule has 0 aliphatic carbocycles. The number of pyridine rings is 1. The molecule has 2 rings (SSSR count). The fourth-order valence-corrected chi connectivity index (χ4v) is 2.73. The second kappa shape index (κ2) is 8.64. The number of nitrogens with zero attached hydrogens (tertiary/aromatic N) is 3. The van der Waals surface area contributed by atoms with Crippen LogP contribution in [-0.4, -0.2) is 22.3 Å². The molecule has 1 aromatic heterocycles. The summed E-state index contributed by atoms with van der Waals surface area (Å²) in [6.45, 7) is 4.68. The molecule has 0 saturated carbocycles. The lowest BCUT2D eigenvalue weighted by Gasteiger charge is -2.29. The van der Waals surface area contributed by atoms with Gasteiger partial charge in [0.15, 0.2) is 0 Å². The van der Waals surface area contributed by atoms with E-state index in [2.05, 4.69) is 18.0 Å². The highest BCUT2D eigenvalue weighted by molar-refractivity contribution is 5.92. The highest BCUT2D eigenvalue weighted by Gasteiger charge is 2.20. The maximum atomic E-state index is 12.6. The fraction of sp³-hybridized carbons (Fsp3) is 0.250. The van der Waals surface area contributed by atoms with Crippen LogP contribution in [0.15, 0.2) is 54.9 Å². The summed E-state index contributed by atoms with van der Waals surface area (Å²) >= 11 is 0. The Labute approximate surface area is 143 Å². The SMILES string of the molecule is CC[C@H](c1ccncc1)N(CC)C(=O)/C=C\c1cccc(C#N)c1. The lowest BCUT2D eigenvalue weighted by molar-refractivity contribution is -0.128. The molecule has 0 aliphatic heterocycles. The van der Waals surface area contributed by atoms with Crippen molar-refractivity contribution in [3.63, 3.8) is 0 Å². The van der Waals surface area contributed by atoms with Crippen molar-refractivity contribution in [2.45, 2.75) is 26.3 Å². The molecule has 0 N–H and O–H groups in total. The monoisotopic (exact) mass is 319 g/mol. The van der Waals surface area contributed by atoms with Gasteiger partial charge in [-0.05, 0) is 54.8 Å². The number of aromatic nitrogens is 1. The van der Waals surface area contributed by atoms with E-state index in [9.17, 15) is 4.79 Å². The molecule has 1 heterocycles. The Morgan fingerprint density at radius 1 is 1.29 bits per heavy atom. The fourth-order valence-electron chi connectivity index (χ4n) is 2.73. The van der Waals surface area contributed by atoms with Gasteiger partial charge < -0.3 is 4.90 Å². The summed E-state index contributed by atoms with van der Waals surface area (Å²) in [5.74, 6) is -0.0384. The minimum atomic E-state index is -0.0384. The van der Waals surface area contributed by atoms with Gasteiger partial charge in [0.2, 0.25) is 5.91 Å². The zero-order valence-corrected chi connectivity index (χ0v) is 14.0. The molecule has 0 spiro atoms. The van der Waals surface area contributed by atoms with Crippen LogP contribution < -0.4 is 0 Å². The van der Waals surface area contributed by atoms with E-state index in [0.29, 0.717) is 12.1 Å². The minimum Gasteiger partial charge on any atom is -0.332 e. The number of carbonyl (C=O) groups is 1. The Bertz CT molecular complexity index is 747. The van der Waals surface area contributed by atoms with Crippen LogP contribution in [0.4, 0.5) is 0 Å². The van der Waals surface area contributed by atoms with E-state index in [-0.39, 0.29) is 11.9 Å². The smallest absolute Gasteiger partial charge is 0.247 e. The van der Waals surface area contributed by atoms with Crippen molar-refractivity contribution in [2.75, 3.05) is 6.54 Å². The highest BCUT2D eigenvalue weighted by Crippen LogP contribution is 2.24. The molecule has 122 valence electrons. The summed E-state index contributed by atoms with van der Waals surface area (Å²) < 4.78 is 0. The Hall–Kier alpha value is -2.93. The molecule has 24 heavy (non-hydrogen) atoms. The van der Waals surface area contributed by atoms with Crippen LogP contribution >= 0.6 is 0 Å². The number of benzene rings is 1. The molecule has 0 fully saturated rings. The highest BCUT2D eigenvalue weighted by atomic mass is 16.2. The van der Waals surface area contributed by atoms with E-state index in [4.69, 9.17) is 5.26 Å². The van der Waals surface area contributed by atoms with E-state index in [0.717, 1.165) is 17.5 Å². The molecular formula is C20H21N3O. The molecule has 4 heteroatoms. The third-order valence-corrected chi connectivity index (χ3v) is 3.91. The van der Waals surface area contributed by atoms with Crippen molar-refractivity contribution in [3.05, 3.63) is 71.6 Å². The summed E-state index contributed by atoms with van der Waals surface area (Å²) in [5.41, 5.74) is 2.51. The molecular weight excluding hydrogens is 298 g/mol. The van der Waals surface area contributed by atoms with Crippen molar-refractivity contribution in [1.29, 1.82) is 5.26 Å². The summed E-state index contributed by atoms with van der Waals surface area (Å²) in [7, 11) is 0. The number of amides is 1. The van der Waals surface area contributed by atoms with Gasteiger partial charge in [0.1, 0.15) is 0 Å². The first-order chi connectivity index (χ1) is 11.7. The number of hydrogen-bond acceptors (Lipinski definition) is 3. The van der Waals surface area contributed by atoms with Gasteiger partial charge in [-0.3, -0.25) is 9.78 Å². The van der Waals surface area contributed by atoms with E-state index in [1.54, 1.807) is 36.7 Å². The van der Waals surface area contributed by atoms with Crippen LogP contribution in [0.2, 0.25) is 0 Å². The minimum absolute atomic E-state index is 0.0283. The molecule has 4 nitrogen and oxygen atoms in total. The largest absolute Gasteiger partial charge is 0.332 e. The van der Waals surface area contributed by atoms with Gasteiger partial charge in [-0.15, -0.1) is 0 Å². The second-order valence-corrected chi connectivity index (χ2v) is 5.40. The normalized spacial score (nSPS) is 11.9. The van der Waals surface area contributed by atoms with E-state index in [1.165, 1.54) is 0 Å². The van der Waals surface area contributed by atoms with Crippen molar-refractivity contribution in [3.8, 4) is 6.07 Å². The van der Waals surface area contributed by atoms with E-state index < -0.39 is 0 Å². The average molecular weight is 319 g/mol. The van der Waals surface area contributed by atoms with Crippen LogP contribution in [-0.2, 0) is 4.79 Å². The lowest BCUT2D eigenvalue weighted by atomic mass is 10.0. The zero-order chi connectivity index (χ0) is 17.4. The Kier molecular flexibility index (Phi) is 6.27. The first kappa shape index (κ1) is 17.4. The van der Waals surface area contributed by atoms with Crippen LogP contribution in [0, 0.1) is 11.3 Å². The van der Waals surface area contributed by atoms with Gasteiger partial charge in [-0.2, -0.15) is 5.26 Å². The Morgan fingerprint density at radius 2 is 2.04 bits per heavy atom. The number of nitriles is 1. The number of rotatable bonds is 6. The van der Waals surface area contributed by atoms with Gasteiger partial charge in [-0.1, -0.05) is 19.1 Å². The predicted octanol–water partition coefficient (Wildman–Crippen LogP) is 3.97. The summed E-state index contributed by atoms with van der Waals surface area (Å²) in [6, 6.07) is 13.2. The van der Waals surface area contributed by atoms with Crippen molar-refractivity contribution >= 4 is 12.0 Å². The number of carbonyl (C=O) groups excluding carboxylic acids is 1. The summed E-state index contributed by atoms with van der Waals surface area (Å²) in [5, 5.41) is 8.94.